The first-order valence-corrected chi connectivity index (χ1v) is 7.19. The first kappa shape index (κ1) is 14.1. The number of oxazole rings is 1. The summed E-state index contributed by atoms with van der Waals surface area (Å²) in [6.07, 6.45) is 7.54. The van der Waals surface area contributed by atoms with Crippen molar-refractivity contribution in [1.82, 2.24) is 4.98 Å². The minimum absolute atomic E-state index is 0.0208. The molecule has 0 aromatic carbocycles. The standard InChI is InChI=1S/C15H23NO3/c1-4-8-11-12(13(17)18-3)19-14(16-11)15(2)9-6-5-7-10-15/h4-10H2,1-3H3. The lowest BCUT2D eigenvalue weighted by Crippen LogP contribution is -2.25. The minimum atomic E-state index is -0.415. The summed E-state index contributed by atoms with van der Waals surface area (Å²) in [7, 11) is 1.38. The van der Waals surface area contributed by atoms with Crippen LogP contribution in [0, 0.1) is 0 Å². The van der Waals surface area contributed by atoms with Gasteiger partial charge in [0.1, 0.15) is 0 Å². The number of carbonyl (C=O) groups excluding carboxylic acids is 1. The number of esters is 1. The fourth-order valence-electron chi connectivity index (χ4n) is 2.81. The second kappa shape index (κ2) is 5.76. The lowest BCUT2D eigenvalue weighted by molar-refractivity contribution is 0.0557. The Balaban J connectivity index is 2.33. The number of hydrogen-bond acceptors (Lipinski definition) is 4. The summed E-state index contributed by atoms with van der Waals surface area (Å²) in [5.41, 5.74) is 0.726. The summed E-state index contributed by atoms with van der Waals surface area (Å²) in [4.78, 5) is 16.4. The van der Waals surface area contributed by atoms with Gasteiger partial charge in [0.05, 0.1) is 12.8 Å². The molecule has 0 saturated heterocycles. The summed E-state index contributed by atoms with van der Waals surface area (Å²) < 4.78 is 10.6. The summed E-state index contributed by atoms with van der Waals surface area (Å²) in [6, 6.07) is 0. The molecule has 19 heavy (non-hydrogen) atoms. The molecule has 4 heteroatoms. The summed E-state index contributed by atoms with van der Waals surface area (Å²) in [6.45, 7) is 4.26. The highest BCUT2D eigenvalue weighted by Gasteiger charge is 2.35. The van der Waals surface area contributed by atoms with Crippen LogP contribution in [-0.4, -0.2) is 18.1 Å². The third-order valence-electron chi connectivity index (χ3n) is 4.03. The van der Waals surface area contributed by atoms with Crippen molar-refractivity contribution in [2.45, 2.75) is 64.2 Å². The molecule has 4 nitrogen and oxygen atoms in total. The van der Waals surface area contributed by atoms with Gasteiger partial charge in [0.15, 0.2) is 0 Å². The lowest BCUT2D eigenvalue weighted by atomic mass is 9.75. The van der Waals surface area contributed by atoms with Crippen LogP contribution in [0.25, 0.3) is 0 Å². The van der Waals surface area contributed by atoms with E-state index in [0.717, 1.165) is 37.3 Å². The number of aryl methyl sites for hydroxylation is 1. The molecular formula is C15H23NO3. The quantitative estimate of drug-likeness (QED) is 0.780. The van der Waals surface area contributed by atoms with Crippen LogP contribution in [-0.2, 0) is 16.6 Å². The molecule has 0 spiro atoms. The second-order valence-electron chi connectivity index (χ2n) is 5.66. The van der Waals surface area contributed by atoms with Gasteiger partial charge in [-0.05, 0) is 19.3 Å². The van der Waals surface area contributed by atoms with E-state index in [2.05, 4.69) is 18.8 Å². The molecule has 0 amide bonds. The third-order valence-corrected chi connectivity index (χ3v) is 4.03. The zero-order valence-corrected chi connectivity index (χ0v) is 12.1. The Kier molecular flexibility index (Phi) is 4.27. The van der Waals surface area contributed by atoms with E-state index in [4.69, 9.17) is 9.15 Å². The van der Waals surface area contributed by atoms with Gasteiger partial charge in [0.25, 0.3) is 0 Å². The maximum Gasteiger partial charge on any atom is 0.375 e. The van der Waals surface area contributed by atoms with Crippen LogP contribution in [0.2, 0.25) is 0 Å². The van der Waals surface area contributed by atoms with E-state index in [0.29, 0.717) is 5.76 Å². The molecule has 1 heterocycles. The fourth-order valence-corrected chi connectivity index (χ4v) is 2.81. The molecule has 1 fully saturated rings. The predicted molar refractivity (Wildman–Crippen MR) is 72.3 cm³/mol. The first-order chi connectivity index (χ1) is 9.10. The lowest BCUT2D eigenvalue weighted by Gasteiger charge is -2.30. The van der Waals surface area contributed by atoms with Gasteiger partial charge in [-0.1, -0.05) is 39.5 Å². The van der Waals surface area contributed by atoms with Crippen molar-refractivity contribution in [2.24, 2.45) is 0 Å². The van der Waals surface area contributed by atoms with Gasteiger partial charge < -0.3 is 9.15 Å². The topological polar surface area (TPSA) is 52.3 Å². The van der Waals surface area contributed by atoms with E-state index < -0.39 is 5.97 Å². The van der Waals surface area contributed by atoms with Gasteiger partial charge in [-0.3, -0.25) is 0 Å². The number of methoxy groups -OCH3 is 1. The van der Waals surface area contributed by atoms with E-state index in [1.165, 1.54) is 26.4 Å². The Morgan fingerprint density at radius 3 is 2.63 bits per heavy atom. The normalized spacial score (nSPS) is 18.3. The van der Waals surface area contributed by atoms with E-state index in [9.17, 15) is 4.79 Å². The monoisotopic (exact) mass is 265 g/mol. The zero-order chi connectivity index (χ0) is 13.9. The van der Waals surface area contributed by atoms with Crippen molar-refractivity contribution in [1.29, 1.82) is 0 Å². The van der Waals surface area contributed by atoms with Gasteiger partial charge in [0.2, 0.25) is 11.7 Å². The zero-order valence-electron chi connectivity index (χ0n) is 12.1. The highest BCUT2D eigenvalue weighted by atomic mass is 16.5. The largest absolute Gasteiger partial charge is 0.463 e. The summed E-state index contributed by atoms with van der Waals surface area (Å²) >= 11 is 0. The molecule has 0 radical (unpaired) electrons. The second-order valence-corrected chi connectivity index (χ2v) is 5.66. The molecule has 1 aliphatic rings. The molecule has 0 atom stereocenters. The minimum Gasteiger partial charge on any atom is -0.463 e. The molecule has 2 rings (SSSR count). The molecule has 1 aromatic rings. The van der Waals surface area contributed by atoms with Gasteiger partial charge in [0, 0.05) is 5.41 Å². The molecule has 1 aromatic heterocycles. The van der Waals surface area contributed by atoms with Crippen molar-refractivity contribution in [3.63, 3.8) is 0 Å². The van der Waals surface area contributed by atoms with Crippen LogP contribution in [0.3, 0.4) is 0 Å². The molecule has 0 N–H and O–H groups in total. The highest BCUT2D eigenvalue weighted by molar-refractivity contribution is 5.87. The molecule has 1 saturated carbocycles. The smallest absolute Gasteiger partial charge is 0.375 e. The fraction of sp³-hybridized carbons (Fsp3) is 0.733. The van der Waals surface area contributed by atoms with Gasteiger partial charge in [-0.25, -0.2) is 9.78 Å². The van der Waals surface area contributed by atoms with E-state index in [-0.39, 0.29) is 5.41 Å². The summed E-state index contributed by atoms with van der Waals surface area (Å²) in [5.74, 6) is 0.601. The Labute approximate surface area is 114 Å². The third kappa shape index (κ3) is 2.82. The number of rotatable bonds is 4. The van der Waals surface area contributed by atoms with E-state index >= 15 is 0 Å². The van der Waals surface area contributed by atoms with Gasteiger partial charge in [-0.2, -0.15) is 0 Å². The Morgan fingerprint density at radius 2 is 2.05 bits per heavy atom. The van der Waals surface area contributed by atoms with Crippen molar-refractivity contribution in [3.8, 4) is 0 Å². The van der Waals surface area contributed by atoms with Gasteiger partial charge in [-0.15, -0.1) is 0 Å². The summed E-state index contributed by atoms with van der Waals surface area (Å²) in [5, 5.41) is 0. The van der Waals surface area contributed by atoms with Crippen molar-refractivity contribution in [3.05, 3.63) is 17.3 Å². The average Bonchev–Trinajstić information content (AvgIpc) is 2.84. The van der Waals surface area contributed by atoms with Crippen LogP contribution < -0.4 is 0 Å². The Hall–Kier alpha value is -1.32. The molecule has 0 bridgehead atoms. The number of carbonyl (C=O) groups is 1. The van der Waals surface area contributed by atoms with Crippen LogP contribution >= 0.6 is 0 Å². The maximum absolute atomic E-state index is 11.8. The maximum atomic E-state index is 11.8. The van der Waals surface area contributed by atoms with Crippen LogP contribution in [0.15, 0.2) is 4.42 Å². The van der Waals surface area contributed by atoms with E-state index in [1.807, 2.05) is 0 Å². The predicted octanol–water partition coefficient (Wildman–Crippen LogP) is 3.64. The van der Waals surface area contributed by atoms with Crippen LogP contribution in [0.1, 0.15) is 74.5 Å². The van der Waals surface area contributed by atoms with Crippen molar-refractivity contribution < 1.29 is 13.9 Å². The van der Waals surface area contributed by atoms with Crippen molar-refractivity contribution in [2.75, 3.05) is 7.11 Å². The van der Waals surface area contributed by atoms with Crippen LogP contribution in [0.5, 0.6) is 0 Å². The number of aromatic nitrogens is 1. The molecule has 0 aliphatic heterocycles. The molecular weight excluding hydrogens is 242 g/mol. The van der Waals surface area contributed by atoms with Gasteiger partial charge >= 0.3 is 5.97 Å². The average molecular weight is 265 g/mol. The number of nitrogens with zero attached hydrogens (tertiary/aromatic N) is 1. The van der Waals surface area contributed by atoms with Crippen LogP contribution in [0.4, 0.5) is 0 Å². The molecule has 106 valence electrons. The van der Waals surface area contributed by atoms with E-state index in [1.54, 1.807) is 0 Å². The number of hydrogen-bond donors (Lipinski definition) is 0. The Morgan fingerprint density at radius 1 is 1.37 bits per heavy atom. The first-order valence-electron chi connectivity index (χ1n) is 7.19. The highest BCUT2D eigenvalue weighted by Crippen LogP contribution is 2.39. The molecule has 0 unspecified atom stereocenters. The number of ether oxygens (including phenoxy) is 1. The SMILES string of the molecule is CCCc1nc(C2(C)CCCCC2)oc1C(=O)OC. The Bertz CT molecular complexity index is 444. The molecule has 1 aliphatic carbocycles. The van der Waals surface area contributed by atoms with Crippen molar-refractivity contribution >= 4 is 5.97 Å².